The van der Waals surface area contributed by atoms with Crippen LogP contribution in [0.3, 0.4) is 0 Å². The molecule has 0 aliphatic heterocycles. The minimum Gasteiger partial charge on any atom is -0.372 e. The van der Waals surface area contributed by atoms with E-state index in [1.165, 1.54) is 31.1 Å². The predicted octanol–water partition coefficient (Wildman–Crippen LogP) is 5.31. The van der Waals surface area contributed by atoms with Crippen molar-refractivity contribution in [3.05, 3.63) is 57.7 Å². The van der Waals surface area contributed by atoms with Crippen LogP contribution in [0.1, 0.15) is 13.8 Å². The molecule has 0 atom stereocenters. The van der Waals surface area contributed by atoms with Gasteiger partial charge in [0, 0.05) is 50.9 Å². The van der Waals surface area contributed by atoms with Gasteiger partial charge < -0.3 is 9.47 Å². The molecule has 0 bridgehead atoms. The van der Waals surface area contributed by atoms with E-state index >= 15 is 0 Å². The lowest BCUT2D eigenvalue weighted by Crippen LogP contribution is -2.22. The molecule has 1 heterocycles. The van der Waals surface area contributed by atoms with Crippen LogP contribution in [0.2, 0.25) is 5.02 Å². The van der Waals surface area contributed by atoms with Crippen LogP contribution in [0.15, 0.2) is 57.7 Å². The number of aromatic nitrogens is 1. The summed E-state index contributed by atoms with van der Waals surface area (Å²) in [6.07, 6.45) is 0. The smallest absolute Gasteiger partial charge is 0.244 e. The Morgan fingerprint density at radius 2 is 1.69 bits per heavy atom. The number of sulfonamides is 1. The highest BCUT2D eigenvalue weighted by Crippen LogP contribution is 2.30. The lowest BCUT2D eigenvalue weighted by molar-refractivity contribution is 0.521. The summed E-state index contributed by atoms with van der Waals surface area (Å²) in [5.74, 6) is 0. The fourth-order valence-electron chi connectivity index (χ4n) is 3.23. The maximum Gasteiger partial charge on any atom is 0.244 e. The zero-order chi connectivity index (χ0) is 22.8. The first-order chi connectivity index (χ1) is 14.7. The number of hydrogen-bond acceptors (Lipinski definition) is 5. The Bertz CT molecular complexity index is 1230. The molecule has 1 aromatic heterocycles. The second-order valence-electron chi connectivity index (χ2n) is 7.20. The van der Waals surface area contributed by atoms with Crippen molar-refractivity contribution < 1.29 is 8.42 Å². The first kappa shape index (κ1) is 26.6. The summed E-state index contributed by atoms with van der Waals surface area (Å²) in [5, 5.41) is 2.17. The Kier molecular flexibility index (Phi) is 9.13. The standard InChI is InChI=1S/C22H27ClN4O2S2.BrH/c1-6-27(7-2)18-11-9-17(10-12-18)24-22-26(5)20(15-30-22)16-8-13-19(23)21(14-16)31(28,29)25(3)4;/h8-15H,6-7H2,1-5H3;1H. The predicted molar refractivity (Wildman–Crippen MR) is 140 cm³/mol. The molecule has 6 nitrogen and oxygen atoms in total. The molecule has 174 valence electrons. The molecule has 0 unspecified atom stereocenters. The second-order valence-corrected chi connectivity index (χ2v) is 10.6. The Morgan fingerprint density at radius 1 is 1.06 bits per heavy atom. The van der Waals surface area contributed by atoms with Crippen molar-refractivity contribution in [3.8, 4) is 11.3 Å². The van der Waals surface area contributed by atoms with Gasteiger partial charge in [-0.1, -0.05) is 17.7 Å². The van der Waals surface area contributed by atoms with E-state index in [-0.39, 0.29) is 26.9 Å². The molecule has 0 fully saturated rings. The van der Waals surface area contributed by atoms with E-state index in [1.807, 2.05) is 35.2 Å². The summed E-state index contributed by atoms with van der Waals surface area (Å²) in [5.41, 5.74) is 3.68. The number of thiazole rings is 1. The van der Waals surface area contributed by atoms with E-state index in [0.29, 0.717) is 0 Å². The van der Waals surface area contributed by atoms with Crippen LogP contribution in [0.5, 0.6) is 0 Å². The number of halogens is 2. The van der Waals surface area contributed by atoms with Gasteiger partial charge in [0.1, 0.15) is 4.90 Å². The van der Waals surface area contributed by atoms with Crippen LogP contribution in [0.4, 0.5) is 11.4 Å². The number of anilines is 1. The molecule has 0 saturated heterocycles. The Labute approximate surface area is 209 Å². The fraction of sp³-hybridized carbons (Fsp3) is 0.318. The van der Waals surface area contributed by atoms with Crippen LogP contribution < -0.4 is 9.70 Å². The normalized spacial score (nSPS) is 12.2. The number of hydrogen-bond donors (Lipinski definition) is 0. The van der Waals surface area contributed by atoms with E-state index in [4.69, 9.17) is 16.6 Å². The highest BCUT2D eigenvalue weighted by Gasteiger charge is 2.22. The first-order valence-electron chi connectivity index (χ1n) is 9.95. The van der Waals surface area contributed by atoms with Gasteiger partial charge in [-0.3, -0.25) is 0 Å². The second kappa shape index (κ2) is 11.0. The molecule has 0 radical (unpaired) electrons. The van der Waals surface area contributed by atoms with Gasteiger partial charge >= 0.3 is 0 Å². The molecule has 0 saturated carbocycles. The topological polar surface area (TPSA) is 57.9 Å². The molecular formula is C22H28BrClN4O2S2. The van der Waals surface area contributed by atoms with Gasteiger partial charge in [0.15, 0.2) is 4.80 Å². The summed E-state index contributed by atoms with van der Waals surface area (Å²) in [4.78, 5) is 7.96. The van der Waals surface area contributed by atoms with Crippen molar-refractivity contribution in [2.45, 2.75) is 18.7 Å². The van der Waals surface area contributed by atoms with Crippen molar-refractivity contribution in [1.29, 1.82) is 0 Å². The third kappa shape index (κ3) is 5.46. The average molecular weight is 560 g/mol. The minimum absolute atomic E-state index is 0. The summed E-state index contributed by atoms with van der Waals surface area (Å²) < 4.78 is 28.3. The Morgan fingerprint density at radius 3 is 2.25 bits per heavy atom. The summed E-state index contributed by atoms with van der Waals surface area (Å²) in [7, 11) is 1.26. The zero-order valence-corrected chi connectivity index (χ0v) is 22.8. The van der Waals surface area contributed by atoms with Crippen molar-refractivity contribution in [3.63, 3.8) is 0 Å². The van der Waals surface area contributed by atoms with Crippen LogP contribution in [0.25, 0.3) is 11.3 Å². The molecule has 3 aromatic rings. The average Bonchev–Trinajstić information content (AvgIpc) is 3.10. The molecule has 0 N–H and O–H groups in total. The first-order valence-corrected chi connectivity index (χ1v) is 12.7. The molecule has 10 heteroatoms. The van der Waals surface area contributed by atoms with Crippen molar-refractivity contribution in [1.82, 2.24) is 8.87 Å². The highest BCUT2D eigenvalue weighted by molar-refractivity contribution is 8.93. The van der Waals surface area contributed by atoms with Gasteiger partial charge in [-0.25, -0.2) is 17.7 Å². The molecule has 2 aromatic carbocycles. The molecule has 0 spiro atoms. The minimum atomic E-state index is -3.64. The lowest BCUT2D eigenvalue weighted by atomic mass is 10.2. The molecule has 32 heavy (non-hydrogen) atoms. The van der Waals surface area contributed by atoms with Crippen LogP contribution >= 0.6 is 39.9 Å². The van der Waals surface area contributed by atoms with E-state index in [1.54, 1.807) is 12.1 Å². The molecule has 0 aliphatic carbocycles. The van der Waals surface area contributed by atoms with E-state index < -0.39 is 10.0 Å². The van der Waals surface area contributed by atoms with Crippen molar-refractivity contribution in [2.75, 3.05) is 32.1 Å². The fourth-order valence-corrected chi connectivity index (χ4v) is 5.55. The van der Waals surface area contributed by atoms with Gasteiger partial charge in [-0.15, -0.1) is 28.3 Å². The van der Waals surface area contributed by atoms with Crippen molar-refractivity contribution in [2.24, 2.45) is 12.0 Å². The van der Waals surface area contributed by atoms with Crippen LogP contribution in [0, 0.1) is 0 Å². The molecular weight excluding hydrogens is 532 g/mol. The van der Waals surface area contributed by atoms with Gasteiger partial charge in [-0.05, 0) is 50.2 Å². The van der Waals surface area contributed by atoms with Crippen LogP contribution in [-0.2, 0) is 17.1 Å². The van der Waals surface area contributed by atoms with E-state index in [2.05, 4.69) is 30.9 Å². The third-order valence-electron chi connectivity index (χ3n) is 5.11. The van der Waals surface area contributed by atoms with E-state index in [9.17, 15) is 8.42 Å². The number of benzene rings is 2. The zero-order valence-electron chi connectivity index (χ0n) is 18.7. The monoisotopic (exact) mass is 558 g/mol. The molecule has 0 amide bonds. The number of nitrogens with zero attached hydrogens (tertiary/aromatic N) is 4. The quantitative estimate of drug-likeness (QED) is 0.394. The SMILES string of the molecule is Br.CCN(CC)c1ccc(N=c2scc(-c3ccc(Cl)c(S(=O)(=O)N(C)C)c3)n2C)cc1. The maximum atomic E-state index is 12.6. The summed E-state index contributed by atoms with van der Waals surface area (Å²) in [6.45, 7) is 6.20. The highest BCUT2D eigenvalue weighted by atomic mass is 79.9. The largest absolute Gasteiger partial charge is 0.372 e. The summed E-state index contributed by atoms with van der Waals surface area (Å²) in [6, 6.07) is 13.2. The van der Waals surface area contributed by atoms with Crippen LogP contribution in [-0.4, -0.2) is 44.5 Å². The Hall–Kier alpha value is -1.65. The van der Waals surface area contributed by atoms with Gasteiger partial charge in [-0.2, -0.15) is 0 Å². The third-order valence-corrected chi connectivity index (χ3v) is 8.33. The summed E-state index contributed by atoms with van der Waals surface area (Å²) >= 11 is 7.69. The molecule has 3 rings (SSSR count). The van der Waals surface area contributed by atoms with Gasteiger partial charge in [0.2, 0.25) is 10.0 Å². The molecule has 0 aliphatic rings. The van der Waals surface area contributed by atoms with Gasteiger partial charge in [0.05, 0.1) is 16.4 Å². The maximum absolute atomic E-state index is 12.6. The number of rotatable bonds is 7. The van der Waals surface area contributed by atoms with Crippen molar-refractivity contribution >= 4 is 61.3 Å². The Balaban J connectivity index is 0.00000363. The van der Waals surface area contributed by atoms with E-state index in [0.717, 1.165) is 39.1 Å². The van der Waals surface area contributed by atoms with Gasteiger partial charge in [0.25, 0.3) is 0 Å². The lowest BCUT2D eigenvalue weighted by Gasteiger charge is -2.20.